The van der Waals surface area contributed by atoms with Gasteiger partial charge in [0.2, 0.25) is 0 Å². The molecule has 0 saturated heterocycles. The van der Waals surface area contributed by atoms with Crippen molar-refractivity contribution >= 4 is 43.9 Å². The Kier molecular flexibility index (Phi) is 6.93. The number of furan rings is 2. The van der Waals surface area contributed by atoms with Crippen LogP contribution < -0.4 is 0 Å². The second kappa shape index (κ2) is 10.5. The summed E-state index contributed by atoms with van der Waals surface area (Å²) in [5.41, 5.74) is 6.59. The Morgan fingerprint density at radius 3 is 1.74 bits per heavy atom. The Balaban J connectivity index is 0.000000704. The van der Waals surface area contributed by atoms with Gasteiger partial charge in [0.1, 0.15) is 34.0 Å². The van der Waals surface area contributed by atoms with Gasteiger partial charge in [-0.05, 0) is 55.3 Å². The minimum Gasteiger partial charge on any atom is -0.456 e. The van der Waals surface area contributed by atoms with E-state index in [9.17, 15) is 0 Å². The summed E-state index contributed by atoms with van der Waals surface area (Å²) in [6, 6.07) is 26.7. The highest BCUT2D eigenvalue weighted by Gasteiger charge is 2.17. The number of nitrogens with zero attached hydrogens (tertiary/aromatic N) is 3. The van der Waals surface area contributed by atoms with E-state index in [0.29, 0.717) is 17.5 Å². The molecular formula is C33H31N3O2. The maximum absolute atomic E-state index is 6.22. The van der Waals surface area contributed by atoms with Crippen molar-refractivity contribution in [2.45, 2.75) is 41.5 Å². The quantitative estimate of drug-likeness (QED) is 0.236. The minimum absolute atomic E-state index is 0.659. The van der Waals surface area contributed by atoms with Crippen molar-refractivity contribution in [3.63, 3.8) is 0 Å². The molecule has 0 aliphatic rings. The molecule has 190 valence electrons. The summed E-state index contributed by atoms with van der Waals surface area (Å²) < 4.78 is 12.3. The molecule has 5 nitrogen and oxygen atoms in total. The van der Waals surface area contributed by atoms with Gasteiger partial charge in [0.15, 0.2) is 5.82 Å². The van der Waals surface area contributed by atoms with Gasteiger partial charge >= 0.3 is 0 Å². The molecule has 0 bridgehead atoms. The molecule has 3 aromatic heterocycles. The first-order valence-electron chi connectivity index (χ1n) is 13.2. The number of aromatic nitrogens is 3. The van der Waals surface area contributed by atoms with Gasteiger partial charge in [0.05, 0.1) is 0 Å². The average Bonchev–Trinajstić information content (AvgIpc) is 3.52. The summed E-state index contributed by atoms with van der Waals surface area (Å²) in [6.07, 6.45) is 0. The molecule has 0 fully saturated rings. The highest BCUT2D eigenvalue weighted by atomic mass is 16.3. The van der Waals surface area contributed by atoms with Gasteiger partial charge in [-0.1, -0.05) is 76.2 Å². The van der Waals surface area contributed by atoms with Crippen LogP contribution >= 0.6 is 0 Å². The predicted molar refractivity (Wildman–Crippen MR) is 157 cm³/mol. The third-order valence-corrected chi connectivity index (χ3v) is 6.31. The maximum atomic E-state index is 6.22. The average molecular weight is 502 g/mol. The second-order valence-electron chi connectivity index (χ2n) is 8.52. The molecule has 7 aromatic rings. The van der Waals surface area contributed by atoms with Crippen molar-refractivity contribution in [2.75, 3.05) is 0 Å². The zero-order chi connectivity index (χ0) is 26.8. The van der Waals surface area contributed by atoms with Gasteiger partial charge in [-0.25, -0.2) is 15.0 Å². The number of rotatable bonds is 2. The molecule has 5 heteroatoms. The maximum Gasteiger partial charge on any atom is 0.164 e. The van der Waals surface area contributed by atoms with Crippen molar-refractivity contribution < 1.29 is 8.83 Å². The lowest BCUT2D eigenvalue weighted by atomic mass is 9.97. The van der Waals surface area contributed by atoms with Crippen molar-refractivity contribution in [3.8, 4) is 22.5 Å². The van der Waals surface area contributed by atoms with Crippen molar-refractivity contribution in [1.82, 2.24) is 15.0 Å². The molecule has 0 aliphatic carbocycles. The first-order chi connectivity index (χ1) is 18.7. The lowest BCUT2D eigenvalue weighted by Gasteiger charge is -2.06. The smallest absolute Gasteiger partial charge is 0.164 e. The van der Waals surface area contributed by atoms with E-state index in [1.165, 1.54) is 0 Å². The SMILES string of the molecule is CC.CC.Cc1nc(C)nc(-c2cccc3oc4ccc(-c5cccc6oc7ccccc7c56)cc4c23)n1. The zero-order valence-corrected chi connectivity index (χ0v) is 22.7. The molecule has 0 aliphatic heterocycles. The fraction of sp³-hybridized carbons (Fsp3) is 0.182. The summed E-state index contributed by atoms with van der Waals surface area (Å²) in [5.74, 6) is 2.06. The Morgan fingerprint density at radius 2 is 1.05 bits per heavy atom. The van der Waals surface area contributed by atoms with Crippen LogP contribution in [0.25, 0.3) is 66.4 Å². The van der Waals surface area contributed by atoms with Gasteiger partial charge in [-0.15, -0.1) is 0 Å². The van der Waals surface area contributed by atoms with Crippen LogP contribution in [-0.4, -0.2) is 15.0 Å². The predicted octanol–water partition coefficient (Wildman–Crippen LogP) is 9.67. The normalized spacial score (nSPS) is 10.9. The number of hydrogen-bond donors (Lipinski definition) is 0. The first-order valence-corrected chi connectivity index (χ1v) is 13.2. The Morgan fingerprint density at radius 1 is 0.500 bits per heavy atom. The molecule has 0 unspecified atom stereocenters. The van der Waals surface area contributed by atoms with E-state index in [0.717, 1.165) is 60.6 Å². The molecule has 0 saturated carbocycles. The molecule has 0 spiro atoms. The molecule has 38 heavy (non-hydrogen) atoms. The fourth-order valence-corrected chi connectivity index (χ4v) is 4.93. The van der Waals surface area contributed by atoms with Crippen LogP contribution in [0.4, 0.5) is 0 Å². The van der Waals surface area contributed by atoms with Crippen LogP contribution in [-0.2, 0) is 0 Å². The Hall–Kier alpha value is -4.51. The molecule has 3 heterocycles. The standard InChI is InChI=1S/C29H19N3O2.2C2H6/c1-16-30-17(2)32-29(31-16)21-9-6-12-26-28(21)22-15-18(13-14-24(22)34-26)19-8-5-11-25-27(19)20-7-3-4-10-23(20)33-25;2*1-2/h3-15H,1-2H3;2*1-2H3. The zero-order valence-electron chi connectivity index (χ0n) is 22.7. The van der Waals surface area contributed by atoms with Crippen LogP contribution in [0.5, 0.6) is 0 Å². The third-order valence-electron chi connectivity index (χ3n) is 6.31. The monoisotopic (exact) mass is 501 g/mol. The van der Waals surface area contributed by atoms with Gasteiger partial charge in [-0.2, -0.15) is 0 Å². The van der Waals surface area contributed by atoms with Crippen molar-refractivity contribution in [2.24, 2.45) is 0 Å². The van der Waals surface area contributed by atoms with E-state index in [4.69, 9.17) is 8.83 Å². The van der Waals surface area contributed by atoms with Gasteiger partial charge in [-0.3, -0.25) is 0 Å². The molecule has 0 amide bonds. The van der Waals surface area contributed by atoms with E-state index in [1.54, 1.807) is 0 Å². The van der Waals surface area contributed by atoms with Crippen LogP contribution in [0, 0.1) is 13.8 Å². The molecule has 4 aromatic carbocycles. The number of para-hydroxylation sites is 1. The summed E-state index contributed by atoms with van der Waals surface area (Å²) in [6.45, 7) is 11.8. The molecule has 0 radical (unpaired) electrons. The summed E-state index contributed by atoms with van der Waals surface area (Å²) >= 11 is 0. The van der Waals surface area contributed by atoms with Crippen LogP contribution in [0.3, 0.4) is 0 Å². The van der Waals surface area contributed by atoms with Crippen LogP contribution in [0.1, 0.15) is 39.3 Å². The topological polar surface area (TPSA) is 65.0 Å². The van der Waals surface area contributed by atoms with Gasteiger partial charge in [0, 0.05) is 27.1 Å². The van der Waals surface area contributed by atoms with Crippen molar-refractivity contribution in [1.29, 1.82) is 0 Å². The minimum atomic E-state index is 0.659. The number of hydrogen-bond acceptors (Lipinski definition) is 5. The molecular weight excluding hydrogens is 470 g/mol. The van der Waals surface area contributed by atoms with E-state index in [1.807, 2.05) is 96.1 Å². The molecule has 7 rings (SSSR count). The lowest BCUT2D eigenvalue weighted by Crippen LogP contribution is -1.98. The Bertz CT molecular complexity index is 1880. The Labute approximate surface area is 222 Å². The highest BCUT2D eigenvalue weighted by molar-refractivity contribution is 6.15. The fourth-order valence-electron chi connectivity index (χ4n) is 4.93. The molecule has 0 N–H and O–H groups in total. The summed E-state index contributed by atoms with van der Waals surface area (Å²) in [5, 5.41) is 4.27. The largest absolute Gasteiger partial charge is 0.456 e. The van der Waals surface area contributed by atoms with Crippen molar-refractivity contribution in [3.05, 3.63) is 90.5 Å². The number of fused-ring (bicyclic) bond motifs is 6. The number of aryl methyl sites for hydroxylation is 2. The van der Waals surface area contributed by atoms with E-state index in [2.05, 4.69) is 39.2 Å². The first kappa shape index (κ1) is 25.2. The lowest BCUT2D eigenvalue weighted by molar-refractivity contribution is 0.669. The van der Waals surface area contributed by atoms with Gasteiger partial charge < -0.3 is 8.83 Å². The second-order valence-corrected chi connectivity index (χ2v) is 8.52. The summed E-state index contributed by atoms with van der Waals surface area (Å²) in [7, 11) is 0. The molecule has 0 atom stereocenters. The third kappa shape index (κ3) is 4.20. The van der Waals surface area contributed by atoms with Gasteiger partial charge in [0.25, 0.3) is 0 Å². The van der Waals surface area contributed by atoms with Crippen LogP contribution in [0.15, 0.2) is 87.7 Å². The van der Waals surface area contributed by atoms with E-state index in [-0.39, 0.29) is 0 Å². The van der Waals surface area contributed by atoms with E-state index < -0.39 is 0 Å². The highest BCUT2D eigenvalue weighted by Crippen LogP contribution is 2.40. The summed E-state index contributed by atoms with van der Waals surface area (Å²) in [4.78, 5) is 13.6. The number of benzene rings is 4. The van der Waals surface area contributed by atoms with Crippen LogP contribution in [0.2, 0.25) is 0 Å². The van der Waals surface area contributed by atoms with E-state index >= 15 is 0 Å².